The van der Waals surface area contributed by atoms with Crippen LogP contribution in [0, 0.1) is 0 Å². The summed E-state index contributed by atoms with van der Waals surface area (Å²) in [5.74, 6) is 0. The molecule has 0 bridgehead atoms. The topological polar surface area (TPSA) is 34.1 Å². The monoisotopic (exact) mass is 212 g/mol. The van der Waals surface area contributed by atoms with E-state index < -0.39 is 21.6 Å². The molecule has 2 heterocycles. The van der Waals surface area contributed by atoms with E-state index >= 15 is 0 Å². The van der Waals surface area contributed by atoms with E-state index in [4.69, 9.17) is 0 Å². The van der Waals surface area contributed by atoms with Crippen LogP contribution in [0.2, 0.25) is 0 Å². The predicted molar refractivity (Wildman–Crippen MR) is 48.2 cm³/mol. The molecule has 10 heavy (non-hydrogen) atoms. The summed E-state index contributed by atoms with van der Waals surface area (Å²) in [5.41, 5.74) is 0. The maximum atomic E-state index is 11.1. The van der Waals surface area contributed by atoms with Gasteiger partial charge in [0.1, 0.15) is 5.08 Å². The second-order valence-corrected chi connectivity index (χ2v) is 7.79. The Hall–Kier alpha value is 0.740. The van der Waals surface area contributed by atoms with Crippen LogP contribution in [-0.4, -0.2) is 18.6 Å². The summed E-state index contributed by atoms with van der Waals surface area (Å²) in [4.78, 5) is 0. The number of thioether (sulfide) groups is 2. The highest BCUT2D eigenvalue weighted by molar-refractivity contribution is 8.37. The number of rotatable bonds is 0. The first-order valence-corrected chi connectivity index (χ1v) is 7.16. The molecule has 0 saturated heterocycles. The van der Waals surface area contributed by atoms with Crippen LogP contribution in [-0.2, 0) is 21.6 Å². The summed E-state index contributed by atoms with van der Waals surface area (Å²) in [6.07, 6.45) is 0. The third-order valence-electron chi connectivity index (χ3n) is 1.17. The van der Waals surface area contributed by atoms with E-state index in [2.05, 4.69) is 0 Å². The molecular weight excluding hydrogens is 208 g/mol. The van der Waals surface area contributed by atoms with Gasteiger partial charge in [-0.15, -0.1) is 23.5 Å². The van der Waals surface area contributed by atoms with Crippen LogP contribution in [0.15, 0.2) is 8.47 Å². The fraction of sp³-hybridized carbons (Fsp3) is 0.500. The molecule has 2 nitrogen and oxygen atoms in total. The summed E-state index contributed by atoms with van der Waals surface area (Å²) >= 11 is 3.15. The van der Waals surface area contributed by atoms with E-state index in [9.17, 15) is 8.42 Å². The highest BCUT2D eigenvalue weighted by Gasteiger charge is 2.33. The van der Waals surface area contributed by atoms with Crippen molar-refractivity contribution in [1.29, 1.82) is 0 Å². The van der Waals surface area contributed by atoms with Gasteiger partial charge < -0.3 is 0 Å². The van der Waals surface area contributed by atoms with E-state index in [1.54, 1.807) is 23.5 Å². The van der Waals surface area contributed by atoms with Gasteiger partial charge in [-0.2, -0.15) is 0 Å². The lowest BCUT2D eigenvalue weighted by molar-refractivity contribution is 0.686. The summed E-state index contributed by atoms with van der Waals surface area (Å²) in [7, 11) is -1.87. The van der Waals surface area contributed by atoms with Gasteiger partial charge in [0.2, 0.25) is 0 Å². The molecule has 0 N–H and O–H groups in total. The molecule has 56 valence electrons. The van der Waals surface area contributed by atoms with Crippen molar-refractivity contribution in [3.63, 3.8) is 0 Å². The van der Waals surface area contributed by atoms with Crippen LogP contribution in [0.25, 0.3) is 0 Å². The molecule has 6 heteroatoms. The Morgan fingerprint density at radius 1 is 1.10 bits per heavy atom. The van der Waals surface area contributed by atoms with E-state index in [0.29, 0.717) is 5.08 Å². The molecule has 0 fully saturated rings. The Kier molecular flexibility index (Phi) is 1.96. The first kappa shape index (κ1) is 7.39. The Morgan fingerprint density at radius 3 is 2.10 bits per heavy atom. The molecule has 0 aromatic rings. The normalized spacial score (nSPS) is 38.8. The van der Waals surface area contributed by atoms with Crippen LogP contribution in [0.3, 0.4) is 0 Å². The molecule has 2 aliphatic rings. The second kappa shape index (κ2) is 2.66. The predicted octanol–water partition coefficient (Wildman–Crippen LogP) is 1.02. The van der Waals surface area contributed by atoms with Gasteiger partial charge in [-0.3, -0.25) is 8.42 Å². The molecule has 0 aliphatic carbocycles. The largest absolute Gasteiger partial charge is 0.253 e. The van der Waals surface area contributed by atoms with Crippen LogP contribution in [0.4, 0.5) is 0 Å². The average Bonchev–Trinajstić information content (AvgIpc) is 2.39. The third-order valence-corrected chi connectivity index (χ3v) is 8.34. The second-order valence-electron chi connectivity index (χ2n) is 1.79. The van der Waals surface area contributed by atoms with Crippen molar-refractivity contribution in [2.24, 2.45) is 0 Å². The minimum absolute atomic E-state index is 0.338. The molecule has 0 unspecified atom stereocenters. The van der Waals surface area contributed by atoms with Crippen molar-refractivity contribution in [2.75, 3.05) is 10.2 Å². The summed E-state index contributed by atoms with van der Waals surface area (Å²) in [6, 6.07) is 0. The van der Waals surface area contributed by atoms with Crippen molar-refractivity contribution in [2.45, 2.75) is 0 Å². The molecule has 0 radical (unpaired) electrons. The van der Waals surface area contributed by atoms with Crippen molar-refractivity contribution in [3.05, 3.63) is 8.47 Å². The number of hydrogen-bond acceptors (Lipinski definition) is 4. The summed E-state index contributed by atoms with van der Waals surface area (Å²) in [5, 5.41) is 1.23. The molecule has 0 aromatic heterocycles. The lowest BCUT2D eigenvalue weighted by Crippen LogP contribution is -1.94. The molecule has 0 aromatic carbocycles. The standard InChI is InChI=1S/C4H4O2S4/c5-9-2-10(6)4-3(9)7-1-8-4/h1-2H2/t9-,10+. The Labute approximate surface area is 72.1 Å². The SMILES string of the molecule is O=[S@@]1C[S@](=O)C2=C1SCS2. The van der Waals surface area contributed by atoms with Crippen LogP contribution >= 0.6 is 23.5 Å². The maximum Gasteiger partial charge on any atom is 0.110 e. The third kappa shape index (κ3) is 1.01. The Bertz CT molecular complexity index is 232. The van der Waals surface area contributed by atoms with Gasteiger partial charge in [0.25, 0.3) is 0 Å². The van der Waals surface area contributed by atoms with Gasteiger partial charge in [0.05, 0.1) is 30.1 Å². The highest BCUT2D eigenvalue weighted by Crippen LogP contribution is 2.46. The smallest absolute Gasteiger partial charge is 0.110 e. The zero-order valence-electron chi connectivity index (χ0n) is 4.86. The van der Waals surface area contributed by atoms with Crippen molar-refractivity contribution in [1.82, 2.24) is 0 Å². The van der Waals surface area contributed by atoms with Crippen LogP contribution in [0.1, 0.15) is 0 Å². The van der Waals surface area contributed by atoms with E-state index in [1.165, 1.54) is 0 Å². The van der Waals surface area contributed by atoms with Crippen molar-refractivity contribution in [3.8, 4) is 0 Å². The zero-order chi connectivity index (χ0) is 7.14. The van der Waals surface area contributed by atoms with E-state index in [-0.39, 0.29) is 0 Å². The fourth-order valence-electron chi connectivity index (χ4n) is 0.776. The highest BCUT2D eigenvalue weighted by atomic mass is 32.3. The average molecular weight is 212 g/mol. The molecule has 2 aliphatic heterocycles. The number of hydrogen-bond donors (Lipinski definition) is 0. The maximum absolute atomic E-state index is 11.1. The fourth-order valence-corrected chi connectivity index (χ4v) is 8.72. The Balaban J connectivity index is 2.45. The summed E-state index contributed by atoms with van der Waals surface area (Å²) in [6.45, 7) is 0. The molecular formula is C4H4O2S4. The lowest BCUT2D eigenvalue weighted by Gasteiger charge is -1.91. The molecule has 0 saturated carbocycles. The van der Waals surface area contributed by atoms with Gasteiger partial charge in [-0.25, -0.2) is 0 Å². The van der Waals surface area contributed by atoms with Gasteiger partial charge in [0, 0.05) is 5.08 Å². The van der Waals surface area contributed by atoms with Gasteiger partial charge >= 0.3 is 0 Å². The first-order chi connectivity index (χ1) is 4.79. The molecule has 2 rings (SSSR count). The molecule has 0 amide bonds. The molecule has 2 atom stereocenters. The van der Waals surface area contributed by atoms with E-state index in [0.717, 1.165) is 13.6 Å². The minimum atomic E-state index is -0.937. The zero-order valence-corrected chi connectivity index (χ0v) is 8.13. The minimum Gasteiger partial charge on any atom is -0.253 e. The summed E-state index contributed by atoms with van der Waals surface area (Å²) < 4.78 is 23.9. The molecule has 0 spiro atoms. The van der Waals surface area contributed by atoms with Gasteiger partial charge in [0.15, 0.2) is 0 Å². The van der Waals surface area contributed by atoms with Crippen LogP contribution < -0.4 is 0 Å². The quantitative estimate of drug-likeness (QED) is 0.600. The van der Waals surface area contributed by atoms with Gasteiger partial charge in [-0.05, 0) is 0 Å². The van der Waals surface area contributed by atoms with Crippen molar-refractivity contribution < 1.29 is 8.42 Å². The Morgan fingerprint density at radius 2 is 1.60 bits per heavy atom. The first-order valence-electron chi connectivity index (χ1n) is 2.55. The van der Waals surface area contributed by atoms with Crippen LogP contribution in [0.5, 0.6) is 0 Å². The van der Waals surface area contributed by atoms with Gasteiger partial charge in [-0.1, -0.05) is 0 Å². The van der Waals surface area contributed by atoms with E-state index in [1.807, 2.05) is 0 Å². The van der Waals surface area contributed by atoms with Crippen molar-refractivity contribution >= 4 is 45.1 Å². The lowest BCUT2D eigenvalue weighted by atomic mass is 11.2.